The van der Waals surface area contributed by atoms with Gasteiger partial charge in [0.15, 0.2) is 0 Å². The van der Waals surface area contributed by atoms with Crippen molar-refractivity contribution in [2.45, 2.75) is 32.7 Å². The minimum atomic E-state index is -1.82. The first kappa shape index (κ1) is 15.8. The van der Waals surface area contributed by atoms with E-state index in [1.807, 2.05) is 6.07 Å². The van der Waals surface area contributed by atoms with Crippen LogP contribution in [0.4, 0.5) is 0 Å². The van der Waals surface area contributed by atoms with Crippen LogP contribution in [-0.2, 0) is 4.79 Å². The number of alkyl halides is 1. The van der Waals surface area contributed by atoms with Crippen molar-refractivity contribution >= 4 is 59.4 Å². The number of allylic oxidation sites excluding steroid dienone is 3. The fourth-order valence-electron chi connectivity index (χ4n) is 2.50. The van der Waals surface area contributed by atoms with Gasteiger partial charge in [0, 0.05) is 0 Å². The number of hydrogen-bond donors (Lipinski definition) is 2. The Hall–Kier alpha value is -0.680. The summed E-state index contributed by atoms with van der Waals surface area (Å²) in [5.74, 6) is 0. The maximum absolute atomic E-state index is 13.0. The first-order valence-electron chi connectivity index (χ1n) is 7.67. The summed E-state index contributed by atoms with van der Waals surface area (Å²) >= 11 is -2.13. The second-order valence-electron chi connectivity index (χ2n) is 5.61. The minimum absolute atomic E-state index is 0.309. The summed E-state index contributed by atoms with van der Waals surface area (Å²) in [7, 11) is 0. The predicted molar refractivity (Wildman–Crippen MR) is 111 cm³/mol. The molecule has 1 aromatic heterocycles. The quantitative estimate of drug-likeness (QED) is 0.353. The average Bonchev–Trinajstić information content (AvgIpc) is 3.17. The molecular weight excluding hydrogens is 518 g/mol. The molecule has 2 N–H and O–H groups in total. The number of halogens is 2. The number of rotatable bonds is 4. The van der Waals surface area contributed by atoms with Crippen LogP contribution in [0.1, 0.15) is 32.4 Å². The number of nitrogens with one attached hydrogen (secondary N) is 2. The van der Waals surface area contributed by atoms with Gasteiger partial charge in [0.2, 0.25) is 0 Å². The summed E-state index contributed by atoms with van der Waals surface area (Å²) < 4.78 is 4.03. The van der Waals surface area contributed by atoms with Crippen molar-refractivity contribution in [1.82, 2.24) is 15.5 Å². The van der Waals surface area contributed by atoms with E-state index in [0.29, 0.717) is 9.83 Å². The summed E-state index contributed by atoms with van der Waals surface area (Å²) in [6.07, 6.45) is 6.28. The molecule has 4 rings (SSSR count). The van der Waals surface area contributed by atoms with Crippen LogP contribution in [0.2, 0.25) is 0 Å². The number of H-pyrrole nitrogens is 1. The van der Waals surface area contributed by atoms with Crippen LogP contribution in [0.5, 0.6) is 0 Å². The fourth-order valence-corrected chi connectivity index (χ4v) is 15.4. The van der Waals surface area contributed by atoms with Crippen LogP contribution < -0.4 is 5.32 Å². The molecule has 122 valence electrons. The van der Waals surface area contributed by atoms with Crippen molar-refractivity contribution in [2.24, 2.45) is 4.99 Å². The van der Waals surface area contributed by atoms with Gasteiger partial charge in [-0.25, -0.2) is 0 Å². The number of aromatic nitrogens is 2. The third kappa shape index (κ3) is 3.02. The molecule has 1 fully saturated rings. The first-order valence-corrected chi connectivity index (χ1v) is 13.5. The zero-order valence-corrected chi connectivity index (χ0v) is 17.3. The zero-order valence-electron chi connectivity index (χ0n) is 13.0. The van der Waals surface area contributed by atoms with Crippen molar-refractivity contribution in [3.05, 3.63) is 31.2 Å². The fraction of sp³-hybridized carbons (Fsp3) is 0.375. The number of carbonyl (C=O) groups excluding carboxylic acids is 1. The number of nitrogens with zero attached hydrogens (tertiary/aromatic N) is 2. The summed E-state index contributed by atoms with van der Waals surface area (Å²) in [5.41, 5.74) is 3.96. The summed E-state index contributed by atoms with van der Waals surface area (Å²) in [5, 5.41) is 10.5. The molecule has 3 heterocycles. The Kier molecular flexibility index (Phi) is 4.35. The van der Waals surface area contributed by atoms with Crippen LogP contribution in [0.25, 0.3) is 5.57 Å². The molecule has 0 saturated heterocycles. The molecule has 5 nitrogen and oxygen atoms in total. The second kappa shape index (κ2) is 6.32. The molecule has 3 aliphatic rings. The average molecular weight is 536 g/mol. The van der Waals surface area contributed by atoms with Gasteiger partial charge in [-0.3, -0.25) is 0 Å². The third-order valence-electron chi connectivity index (χ3n) is 3.90. The summed E-state index contributed by atoms with van der Waals surface area (Å²) in [6, 6.07) is 2.51. The summed E-state index contributed by atoms with van der Waals surface area (Å²) in [6.45, 7) is 4.25. The molecule has 0 unspecified atom stereocenters. The Balaban J connectivity index is 1.79. The normalized spacial score (nSPS) is 23.0. The molecule has 7 heteroatoms. The molecule has 1 aromatic rings. The molecule has 0 amide bonds. The van der Waals surface area contributed by atoms with Gasteiger partial charge >= 0.3 is 153 Å². The monoisotopic (exact) mass is 536 g/mol. The van der Waals surface area contributed by atoms with Crippen molar-refractivity contribution in [1.29, 1.82) is 0 Å². The van der Waals surface area contributed by atoms with E-state index < -0.39 is 19.8 Å². The predicted octanol–water partition coefficient (Wildman–Crippen LogP) is 3.36. The van der Waals surface area contributed by atoms with E-state index in [0.717, 1.165) is 21.4 Å². The van der Waals surface area contributed by atoms with Crippen LogP contribution >= 0.6 is 40.6 Å². The third-order valence-corrected chi connectivity index (χ3v) is 15.7. The Morgan fingerprint density at radius 3 is 2.96 bits per heavy atom. The molecule has 0 aromatic carbocycles. The molecule has 2 aliphatic heterocycles. The number of aliphatic imine (C=N–C) groups is 1. The first-order chi connectivity index (χ1) is 11.2. The van der Waals surface area contributed by atoms with E-state index in [1.54, 1.807) is 6.20 Å². The number of hydrogen-bond acceptors (Lipinski definition) is 4. The molecule has 1 aliphatic carbocycles. The van der Waals surface area contributed by atoms with Gasteiger partial charge in [0.1, 0.15) is 0 Å². The van der Waals surface area contributed by atoms with Crippen molar-refractivity contribution in [3.8, 4) is 0 Å². The van der Waals surface area contributed by atoms with Crippen LogP contribution in [0.15, 0.2) is 30.5 Å². The van der Waals surface area contributed by atoms with Gasteiger partial charge in [-0.05, 0) is 0 Å². The van der Waals surface area contributed by atoms with Crippen LogP contribution in [0.3, 0.4) is 0 Å². The van der Waals surface area contributed by atoms with Gasteiger partial charge < -0.3 is 0 Å². The van der Waals surface area contributed by atoms with Crippen molar-refractivity contribution in [2.75, 3.05) is 4.43 Å². The van der Waals surface area contributed by atoms with E-state index in [1.165, 1.54) is 23.8 Å². The van der Waals surface area contributed by atoms with Crippen LogP contribution in [0, 0.1) is 0 Å². The molecule has 1 saturated carbocycles. The zero-order chi connectivity index (χ0) is 16.0. The van der Waals surface area contributed by atoms with E-state index in [9.17, 15) is 4.79 Å². The van der Waals surface area contributed by atoms with Crippen molar-refractivity contribution in [3.63, 3.8) is 0 Å². The van der Waals surface area contributed by atoms with Gasteiger partial charge in [-0.1, -0.05) is 0 Å². The van der Waals surface area contributed by atoms with Crippen LogP contribution in [-0.4, -0.2) is 33.9 Å². The molecule has 0 bridgehead atoms. The number of aromatic amines is 1. The SMILES string of the molecule is CCI1C(=O)C(c2ccn[nH]2)=CC2=C1I=C(NC1CC1)N=C2C. The molecule has 0 radical (unpaired) electrons. The van der Waals surface area contributed by atoms with Gasteiger partial charge in [0.25, 0.3) is 0 Å². The molecule has 0 spiro atoms. The number of carbonyl (C=O) groups is 1. The van der Waals surface area contributed by atoms with Gasteiger partial charge in [-0.2, -0.15) is 0 Å². The Labute approximate surface area is 152 Å². The Morgan fingerprint density at radius 1 is 1.48 bits per heavy atom. The second-order valence-corrected chi connectivity index (χ2v) is 16.0. The molecule has 0 atom stereocenters. The molecule has 23 heavy (non-hydrogen) atoms. The van der Waals surface area contributed by atoms with Gasteiger partial charge in [0.05, 0.1) is 0 Å². The maximum atomic E-state index is 13.0. The van der Waals surface area contributed by atoms with E-state index in [2.05, 4.69) is 35.4 Å². The van der Waals surface area contributed by atoms with E-state index in [4.69, 9.17) is 4.99 Å². The standard InChI is InChI=1S/C16H18I2N4O/c1-3-18-14-11(8-12(15(18)23)13-6-7-19-22-13)9(2)20-16(17-14)21-10-4-5-10/h6-8,10H,3-5H2,1-2H3,(H,19,22)(H,20,21). The Morgan fingerprint density at radius 2 is 2.30 bits per heavy atom. The van der Waals surface area contributed by atoms with Gasteiger partial charge in [-0.15, -0.1) is 0 Å². The van der Waals surface area contributed by atoms with E-state index in [-0.39, 0.29) is 20.7 Å². The topological polar surface area (TPSA) is 70.1 Å². The van der Waals surface area contributed by atoms with E-state index >= 15 is 0 Å². The Bertz CT molecular complexity index is 785. The summed E-state index contributed by atoms with van der Waals surface area (Å²) in [4.78, 5) is 17.8. The molecular formula is C16H18I2N4O. The van der Waals surface area contributed by atoms with Crippen molar-refractivity contribution < 1.29 is 4.79 Å².